The molecule has 1 saturated heterocycles. The highest BCUT2D eigenvalue weighted by Gasteiger charge is 2.36. The van der Waals surface area contributed by atoms with E-state index < -0.39 is 0 Å². The SMILES string of the molecule is C[C@@H]1Cc2c(nn(C)c2C(=O)N2CCN(C3CC3)CC2)[C@H](C)O1. The molecule has 2 atom stereocenters. The van der Waals surface area contributed by atoms with Crippen LogP contribution in [0.2, 0.25) is 0 Å². The van der Waals surface area contributed by atoms with Gasteiger partial charge in [-0.15, -0.1) is 0 Å². The van der Waals surface area contributed by atoms with Crippen molar-refractivity contribution < 1.29 is 9.53 Å². The number of piperazine rings is 1. The monoisotopic (exact) mass is 318 g/mol. The number of aryl methyl sites for hydroxylation is 1. The molecule has 0 N–H and O–H groups in total. The van der Waals surface area contributed by atoms with Gasteiger partial charge in [0.2, 0.25) is 0 Å². The van der Waals surface area contributed by atoms with E-state index in [1.807, 2.05) is 18.9 Å². The molecule has 1 aliphatic carbocycles. The first-order valence-electron chi connectivity index (χ1n) is 8.79. The summed E-state index contributed by atoms with van der Waals surface area (Å²) < 4.78 is 7.61. The molecular weight excluding hydrogens is 292 g/mol. The minimum atomic E-state index is -0.0341. The summed E-state index contributed by atoms with van der Waals surface area (Å²) in [4.78, 5) is 17.6. The zero-order valence-electron chi connectivity index (χ0n) is 14.3. The number of carbonyl (C=O) groups is 1. The quantitative estimate of drug-likeness (QED) is 0.826. The summed E-state index contributed by atoms with van der Waals surface area (Å²) >= 11 is 0. The summed E-state index contributed by atoms with van der Waals surface area (Å²) in [7, 11) is 1.88. The number of hydrogen-bond acceptors (Lipinski definition) is 4. The molecule has 126 valence electrons. The first-order valence-corrected chi connectivity index (χ1v) is 8.79. The highest BCUT2D eigenvalue weighted by molar-refractivity contribution is 5.94. The van der Waals surface area contributed by atoms with Gasteiger partial charge in [-0.05, 0) is 26.7 Å². The fourth-order valence-electron chi connectivity index (χ4n) is 4.01. The topological polar surface area (TPSA) is 50.6 Å². The smallest absolute Gasteiger partial charge is 0.272 e. The van der Waals surface area contributed by atoms with Gasteiger partial charge >= 0.3 is 0 Å². The highest BCUT2D eigenvalue weighted by Crippen LogP contribution is 2.32. The third-order valence-corrected chi connectivity index (χ3v) is 5.36. The number of amides is 1. The molecule has 2 aliphatic heterocycles. The Kier molecular flexibility index (Phi) is 3.69. The molecule has 1 amide bonds. The van der Waals surface area contributed by atoms with Crippen LogP contribution in [0.5, 0.6) is 0 Å². The van der Waals surface area contributed by atoms with Crippen molar-refractivity contribution in [1.82, 2.24) is 19.6 Å². The molecule has 23 heavy (non-hydrogen) atoms. The average Bonchev–Trinajstić information content (AvgIpc) is 3.31. The Balaban J connectivity index is 1.54. The first-order chi connectivity index (χ1) is 11.0. The maximum absolute atomic E-state index is 13.1. The fraction of sp³-hybridized carbons (Fsp3) is 0.765. The van der Waals surface area contributed by atoms with E-state index >= 15 is 0 Å². The van der Waals surface area contributed by atoms with Gasteiger partial charge in [0.25, 0.3) is 5.91 Å². The molecule has 6 nitrogen and oxygen atoms in total. The molecule has 4 rings (SSSR count). The molecule has 3 aliphatic rings. The molecule has 2 fully saturated rings. The minimum Gasteiger partial charge on any atom is -0.369 e. The van der Waals surface area contributed by atoms with Crippen LogP contribution in [-0.4, -0.2) is 63.8 Å². The molecule has 6 heteroatoms. The lowest BCUT2D eigenvalue weighted by Gasteiger charge is -2.35. The molecule has 0 aromatic carbocycles. The molecule has 0 bridgehead atoms. The lowest BCUT2D eigenvalue weighted by molar-refractivity contribution is -0.00716. The van der Waals surface area contributed by atoms with Gasteiger partial charge in [0.15, 0.2) is 0 Å². The number of carbonyl (C=O) groups excluding carboxylic acids is 1. The summed E-state index contributed by atoms with van der Waals surface area (Å²) in [6.07, 6.45) is 3.54. The first kappa shape index (κ1) is 15.1. The van der Waals surface area contributed by atoms with Gasteiger partial charge in [-0.2, -0.15) is 5.10 Å². The van der Waals surface area contributed by atoms with E-state index in [2.05, 4.69) is 16.9 Å². The van der Waals surface area contributed by atoms with Crippen LogP contribution in [0.4, 0.5) is 0 Å². The van der Waals surface area contributed by atoms with Crippen LogP contribution in [-0.2, 0) is 18.2 Å². The van der Waals surface area contributed by atoms with Crippen LogP contribution >= 0.6 is 0 Å². The number of ether oxygens (including phenoxy) is 1. The highest BCUT2D eigenvalue weighted by atomic mass is 16.5. The van der Waals surface area contributed by atoms with Crippen LogP contribution in [0.15, 0.2) is 0 Å². The van der Waals surface area contributed by atoms with Gasteiger partial charge < -0.3 is 9.64 Å². The van der Waals surface area contributed by atoms with Crippen molar-refractivity contribution in [3.05, 3.63) is 17.0 Å². The number of aromatic nitrogens is 2. The van der Waals surface area contributed by atoms with E-state index in [0.717, 1.165) is 55.6 Å². The Bertz CT molecular complexity index is 614. The maximum atomic E-state index is 13.1. The molecule has 0 spiro atoms. The second-order valence-electron chi connectivity index (χ2n) is 7.19. The van der Waals surface area contributed by atoms with Crippen LogP contribution in [0.3, 0.4) is 0 Å². The van der Waals surface area contributed by atoms with Crippen molar-refractivity contribution in [2.75, 3.05) is 26.2 Å². The fourth-order valence-corrected chi connectivity index (χ4v) is 4.01. The van der Waals surface area contributed by atoms with Crippen molar-refractivity contribution in [1.29, 1.82) is 0 Å². The zero-order chi connectivity index (χ0) is 16.1. The number of rotatable bonds is 2. The molecule has 1 aromatic heterocycles. The molecule has 1 saturated carbocycles. The van der Waals surface area contributed by atoms with Gasteiger partial charge in [-0.25, -0.2) is 0 Å². The summed E-state index contributed by atoms with van der Waals surface area (Å²) in [5.41, 5.74) is 2.79. The lowest BCUT2D eigenvalue weighted by atomic mass is 9.99. The van der Waals surface area contributed by atoms with E-state index in [1.54, 1.807) is 4.68 Å². The largest absolute Gasteiger partial charge is 0.369 e. The van der Waals surface area contributed by atoms with E-state index in [-0.39, 0.29) is 18.1 Å². The third kappa shape index (κ3) is 2.68. The number of fused-ring (bicyclic) bond motifs is 1. The Labute approximate surface area is 137 Å². The summed E-state index contributed by atoms with van der Waals surface area (Å²) in [5.74, 6) is 0.137. The molecule has 1 aromatic rings. The van der Waals surface area contributed by atoms with Crippen LogP contribution in [0, 0.1) is 0 Å². The Morgan fingerprint density at radius 2 is 1.87 bits per heavy atom. The lowest BCUT2D eigenvalue weighted by Crippen LogP contribution is -2.49. The number of hydrogen-bond donors (Lipinski definition) is 0. The van der Waals surface area contributed by atoms with Crippen LogP contribution in [0.25, 0.3) is 0 Å². The minimum absolute atomic E-state index is 0.0341. The predicted molar refractivity (Wildman–Crippen MR) is 86.4 cm³/mol. The van der Waals surface area contributed by atoms with Gasteiger partial charge in [0.05, 0.1) is 17.9 Å². The molecule has 0 radical (unpaired) electrons. The Hall–Kier alpha value is -1.40. The predicted octanol–water partition coefficient (Wildman–Crippen LogP) is 1.36. The summed E-state index contributed by atoms with van der Waals surface area (Å²) in [6, 6.07) is 0.788. The zero-order valence-corrected chi connectivity index (χ0v) is 14.3. The van der Waals surface area contributed by atoms with E-state index in [9.17, 15) is 4.79 Å². The third-order valence-electron chi connectivity index (χ3n) is 5.36. The molecular formula is C17H26N4O2. The average molecular weight is 318 g/mol. The van der Waals surface area contributed by atoms with Crippen LogP contribution < -0.4 is 0 Å². The second-order valence-corrected chi connectivity index (χ2v) is 7.19. The van der Waals surface area contributed by atoms with Crippen molar-refractivity contribution in [2.45, 2.75) is 51.4 Å². The number of nitrogens with zero attached hydrogens (tertiary/aromatic N) is 4. The normalized spacial score (nSPS) is 28.7. The summed E-state index contributed by atoms with van der Waals surface area (Å²) in [5, 5.41) is 4.57. The van der Waals surface area contributed by atoms with Gasteiger partial charge in [-0.1, -0.05) is 0 Å². The maximum Gasteiger partial charge on any atom is 0.272 e. The molecule has 3 heterocycles. The van der Waals surface area contributed by atoms with Gasteiger partial charge in [0, 0.05) is 51.3 Å². The Morgan fingerprint density at radius 3 is 2.52 bits per heavy atom. The van der Waals surface area contributed by atoms with Crippen LogP contribution in [0.1, 0.15) is 54.5 Å². The van der Waals surface area contributed by atoms with Crippen molar-refractivity contribution in [2.24, 2.45) is 7.05 Å². The van der Waals surface area contributed by atoms with Gasteiger partial charge in [0.1, 0.15) is 5.69 Å². The Morgan fingerprint density at radius 1 is 1.17 bits per heavy atom. The molecule has 0 unspecified atom stereocenters. The summed E-state index contributed by atoms with van der Waals surface area (Å²) in [6.45, 7) is 7.76. The van der Waals surface area contributed by atoms with E-state index in [0.29, 0.717) is 0 Å². The van der Waals surface area contributed by atoms with Crippen molar-refractivity contribution in [3.8, 4) is 0 Å². The van der Waals surface area contributed by atoms with Crippen molar-refractivity contribution in [3.63, 3.8) is 0 Å². The second kappa shape index (κ2) is 5.60. The standard InChI is InChI=1S/C17H26N4O2/c1-11-10-14-15(12(2)23-11)18-19(3)16(14)17(22)21-8-6-20(7-9-21)13-4-5-13/h11-13H,4-10H2,1-3H3/t11-,12+/m1/s1. The van der Waals surface area contributed by atoms with Gasteiger partial charge in [-0.3, -0.25) is 14.4 Å². The van der Waals surface area contributed by atoms with E-state index in [1.165, 1.54) is 12.8 Å². The van der Waals surface area contributed by atoms with E-state index in [4.69, 9.17) is 4.74 Å². The van der Waals surface area contributed by atoms with Crippen molar-refractivity contribution >= 4 is 5.91 Å².